The Kier molecular flexibility index (Phi) is 4.11. The minimum atomic E-state index is -0.0563. The zero-order valence-corrected chi connectivity index (χ0v) is 15.4. The molecule has 0 saturated carbocycles. The van der Waals surface area contributed by atoms with Crippen molar-refractivity contribution in [3.8, 4) is 0 Å². The van der Waals surface area contributed by atoms with Gasteiger partial charge in [0.2, 0.25) is 0 Å². The standard InChI is InChI=1S/C18H25N7O2/c26-17(23-7-1-2-8-23)19-9-14-5-6-18(27-10-14)11-24(12-18)16-4-3-15-21-20-13-25(15)22-16/h3-4,13-14H,1-2,5-12H2,(H,19,26)/t14-/m1/s1. The Balaban J connectivity index is 1.10. The maximum absolute atomic E-state index is 12.1. The first-order valence-electron chi connectivity index (χ1n) is 9.80. The molecule has 2 amide bonds. The molecule has 3 saturated heterocycles. The number of ether oxygens (including phenoxy) is 1. The van der Waals surface area contributed by atoms with Gasteiger partial charge in [-0.2, -0.15) is 4.52 Å². The lowest BCUT2D eigenvalue weighted by Gasteiger charge is -2.53. The molecule has 0 bridgehead atoms. The zero-order valence-electron chi connectivity index (χ0n) is 15.4. The minimum Gasteiger partial charge on any atom is -0.371 e. The van der Waals surface area contributed by atoms with Crippen molar-refractivity contribution in [2.45, 2.75) is 31.3 Å². The molecule has 0 aromatic carbocycles. The number of aromatic nitrogens is 4. The molecule has 2 aromatic heterocycles. The highest BCUT2D eigenvalue weighted by Gasteiger charge is 2.47. The second kappa shape index (κ2) is 6.63. The summed E-state index contributed by atoms with van der Waals surface area (Å²) in [5, 5.41) is 15.5. The predicted molar refractivity (Wildman–Crippen MR) is 98.6 cm³/mol. The summed E-state index contributed by atoms with van der Waals surface area (Å²) in [6.45, 7) is 4.93. The molecule has 27 heavy (non-hydrogen) atoms. The molecular weight excluding hydrogens is 346 g/mol. The van der Waals surface area contributed by atoms with Crippen LogP contribution in [-0.4, -0.2) is 75.7 Å². The van der Waals surface area contributed by atoms with Crippen molar-refractivity contribution < 1.29 is 9.53 Å². The largest absolute Gasteiger partial charge is 0.371 e. The van der Waals surface area contributed by atoms with E-state index in [4.69, 9.17) is 4.74 Å². The van der Waals surface area contributed by atoms with Crippen LogP contribution in [0.15, 0.2) is 18.5 Å². The number of fused-ring (bicyclic) bond motifs is 1. The number of nitrogens with zero attached hydrogens (tertiary/aromatic N) is 6. The summed E-state index contributed by atoms with van der Waals surface area (Å²) in [6, 6.07) is 4.00. The van der Waals surface area contributed by atoms with Crippen molar-refractivity contribution in [3.05, 3.63) is 18.5 Å². The van der Waals surface area contributed by atoms with Gasteiger partial charge in [0.15, 0.2) is 5.65 Å². The lowest BCUT2D eigenvalue weighted by atomic mass is 9.83. The van der Waals surface area contributed by atoms with Gasteiger partial charge in [0.05, 0.1) is 19.7 Å². The van der Waals surface area contributed by atoms with Crippen LogP contribution in [0.25, 0.3) is 5.65 Å². The third-order valence-electron chi connectivity index (χ3n) is 6.00. The van der Waals surface area contributed by atoms with Crippen molar-refractivity contribution in [1.29, 1.82) is 0 Å². The summed E-state index contributed by atoms with van der Waals surface area (Å²) in [5.41, 5.74) is 0.695. The van der Waals surface area contributed by atoms with Gasteiger partial charge in [0.25, 0.3) is 0 Å². The Labute approximate surface area is 157 Å². The van der Waals surface area contributed by atoms with Crippen LogP contribution >= 0.6 is 0 Å². The Morgan fingerprint density at radius 2 is 2.15 bits per heavy atom. The smallest absolute Gasteiger partial charge is 0.317 e. The van der Waals surface area contributed by atoms with Gasteiger partial charge in [-0.1, -0.05) is 0 Å². The normalized spacial score (nSPS) is 24.4. The monoisotopic (exact) mass is 371 g/mol. The van der Waals surface area contributed by atoms with Crippen molar-refractivity contribution in [3.63, 3.8) is 0 Å². The van der Waals surface area contributed by atoms with Gasteiger partial charge >= 0.3 is 6.03 Å². The first kappa shape index (κ1) is 16.7. The SMILES string of the molecule is O=C(NC[C@H]1CCC2(CN(c3ccc4nncn4n3)C2)OC1)N1CCCC1. The van der Waals surface area contributed by atoms with Crippen LogP contribution in [-0.2, 0) is 4.74 Å². The highest BCUT2D eigenvalue weighted by molar-refractivity contribution is 5.74. The maximum Gasteiger partial charge on any atom is 0.317 e. The first-order valence-corrected chi connectivity index (χ1v) is 9.80. The van der Waals surface area contributed by atoms with Gasteiger partial charge in [0.1, 0.15) is 17.7 Å². The van der Waals surface area contributed by atoms with Crippen molar-refractivity contribution in [2.75, 3.05) is 44.2 Å². The van der Waals surface area contributed by atoms with E-state index in [0.717, 1.165) is 63.3 Å². The van der Waals surface area contributed by atoms with Gasteiger partial charge in [-0.05, 0) is 43.7 Å². The third kappa shape index (κ3) is 3.20. The highest BCUT2D eigenvalue weighted by Crippen LogP contribution is 2.37. The second-order valence-corrected chi connectivity index (χ2v) is 7.96. The van der Waals surface area contributed by atoms with Crippen LogP contribution in [0, 0.1) is 5.92 Å². The van der Waals surface area contributed by atoms with Crippen LogP contribution in [0.3, 0.4) is 0 Å². The summed E-state index contributed by atoms with van der Waals surface area (Å²) >= 11 is 0. The van der Waals surface area contributed by atoms with Crippen LogP contribution in [0.2, 0.25) is 0 Å². The molecule has 1 N–H and O–H groups in total. The molecule has 0 unspecified atom stereocenters. The maximum atomic E-state index is 12.1. The van der Waals surface area contributed by atoms with Crippen LogP contribution in [0.5, 0.6) is 0 Å². The molecule has 1 spiro atoms. The van der Waals surface area contributed by atoms with E-state index in [1.807, 2.05) is 17.0 Å². The molecule has 5 rings (SSSR count). The Morgan fingerprint density at radius 1 is 1.30 bits per heavy atom. The predicted octanol–water partition coefficient (Wildman–Crippen LogP) is 0.915. The van der Waals surface area contributed by atoms with E-state index in [2.05, 4.69) is 25.5 Å². The summed E-state index contributed by atoms with van der Waals surface area (Å²) in [6.07, 6.45) is 5.98. The molecule has 2 aromatic rings. The topological polar surface area (TPSA) is 87.9 Å². The number of likely N-dealkylation sites (tertiary alicyclic amines) is 1. The first-order chi connectivity index (χ1) is 13.2. The van der Waals surface area contributed by atoms with Gasteiger partial charge in [0, 0.05) is 19.6 Å². The average molecular weight is 371 g/mol. The van der Waals surface area contributed by atoms with E-state index >= 15 is 0 Å². The molecule has 3 fully saturated rings. The fourth-order valence-corrected chi connectivity index (χ4v) is 4.29. The molecule has 9 nitrogen and oxygen atoms in total. The van der Waals surface area contributed by atoms with E-state index in [9.17, 15) is 4.79 Å². The number of carbonyl (C=O) groups excluding carboxylic acids is 1. The molecule has 3 aliphatic rings. The molecule has 1 atom stereocenters. The zero-order chi connectivity index (χ0) is 18.3. The molecular formula is C18H25N7O2. The van der Waals surface area contributed by atoms with Gasteiger partial charge in [-0.3, -0.25) is 0 Å². The summed E-state index contributed by atoms with van der Waals surface area (Å²) in [5.74, 6) is 1.33. The lowest BCUT2D eigenvalue weighted by Crippen LogP contribution is -2.65. The summed E-state index contributed by atoms with van der Waals surface area (Å²) in [4.78, 5) is 16.2. The van der Waals surface area contributed by atoms with Gasteiger partial charge in [-0.25, -0.2) is 4.79 Å². The third-order valence-corrected chi connectivity index (χ3v) is 6.00. The number of hydrogen-bond acceptors (Lipinski definition) is 6. The van der Waals surface area contributed by atoms with Gasteiger partial charge < -0.3 is 19.9 Å². The number of hydrogen-bond donors (Lipinski definition) is 1. The highest BCUT2D eigenvalue weighted by atomic mass is 16.5. The van der Waals surface area contributed by atoms with Crippen LogP contribution in [0.1, 0.15) is 25.7 Å². The summed E-state index contributed by atoms with van der Waals surface area (Å²) < 4.78 is 7.93. The molecule has 3 aliphatic heterocycles. The molecule has 0 radical (unpaired) electrons. The minimum absolute atomic E-state index is 0.0563. The molecule has 0 aliphatic carbocycles. The van der Waals surface area contributed by atoms with Crippen LogP contribution in [0.4, 0.5) is 10.6 Å². The van der Waals surface area contributed by atoms with E-state index in [1.165, 1.54) is 0 Å². The quantitative estimate of drug-likeness (QED) is 0.863. The average Bonchev–Trinajstić information content (AvgIpc) is 3.35. The van der Waals surface area contributed by atoms with Crippen molar-refractivity contribution in [1.82, 2.24) is 30.0 Å². The number of nitrogens with one attached hydrogen (secondary N) is 1. The van der Waals surface area contributed by atoms with Crippen LogP contribution < -0.4 is 10.2 Å². The molecule has 5 heterocycles. The Bertz CT molecular complexity index is 816. The van der Waals surface area contributed by atoms with Crippen molar-refractivity contribution >= 4 is 17.5 Å². The summed E-state index contributed by atoms with van der Waals surface area (Å²) in [7, 11) is 0. The fraction of sp³-hybridized carbons (Fsp3) is 0.667. The van der Waals surface area contributed by atoms with E-state index in [0.29, 0.717) is 19.1 Å². The van der Waals surface area contributed by atoms with Crippen molar-refractivity contribution in [2.24, 2.45) is 5.92 Å². The lowest BCUT2D eigenvalue weighted by molar-refractivity contribution is -0.115. The van der Waals surface area contributed by atoms with Gasteiger partial charge in [-0.15, -0.1) is 15.3 Å². The molecule has 144 valence electrons. The second-order valence-electron chi connectivity index (χ2n) is 7.96. The number of rotatable bonds is 3. The van der Waals surface area contributed by atoms with E-state index < -0.39 is 0 Å². The van der Waals surface area contributed by atoms with E-state index in [1.54, 1.807) is 10.8 Å². The number of carbonyl (C=O) groups is 1. The number of amides is 2. The Hall–Kier alpha value is -2.42. The Morgan fingerprint density at radius 3 is 2.93 bits per heavy atom. The molecule has 9 heteroatoms. The fourth-order valence-electron chi connectivity index (χ4n) is 4.29. The number of urea groups is 1. The van der Waals surface area contributed by atoms with E-state index in [-0.39, 0.29) is 11.6 Å². The number of anilines is 1.